The lowest BCUT2D eigenvalue weighted by molar-refractivity contribution is 0.633. The number of rotatable bonds is 2. The third kappa shape index (κ3) is 2.31. The molecular formula is C20H14F2N6. The van der Waals surface area contributed by atoms with Crippen LogP contribution in [0.15, 0.2) is 48.5 Å². The van der Waals surface area contributed by atoms with Gasteiger partial charge in [-0.05, 0) is 24.3 Å². The predicted octanol–water partition coefficient (Wildman–Crippen LogP) is 4.22. The Kier molecular flexibility index (Phi) is 3.35. The first-order chi connectivity index (χ1) is 13.5. The molecule has 0 bridgehead atoms. The highest BCUT2D eigenvalue weighted by Crippen LogP contribution is 2.33. The van der Waals surface area contributed by atoms with Crippen LogP contribution in [0.4, 0.5) is 20.2 Å². The van der Waals surface area contributed by atoms with Crippen LogP contribution in [0.3, 0.4) is 0 Å². The monoisotopic (exact) mass is 376 g/mol. The fourth-order valence-electron chi connectivity index (χ4n) is 3.30. The number of imidazole rings is 2. The summed E-state index contributed by atoms with van der Waals surface area (Å²) in [5, 5.41) is 0. The number of hydrogen-bond acceptors (Lipinski definition) is 4. The molecule has 5 rings (SSSR count). The van der Waals surface area contributed by atoms with E-state index in [4.69, 9.17) is 11.5 Å². The van der Waals surface area contributed by atoms with Crippen molar-refractivity contribution in [3.8, 4) is 22.8 Å². The zero-order valence-electron chi connectivity index (χ0n) is 14.4. The average Bonchev–Trinajstić information content (AvgIpc) is 3.33. The van der Waals surface area contributed by atoms with Crippen molar-refractivity contribution in [3.63, 3.8) is 0 Å². The number of aromatic amines is 2. The standard InChI is InChI=1S/C20H14F2N6/c21-11-5-7-13-17(15(11)23)27-19(25-13)9-3-1-2-4-10(9)20-26-14-8-6-12(22)16(24)18(14)28-20/h1-8H,23-24H2,(H,25,27)(H,26,28). The molecule has 2 heterocycles. The number of fused-ring (bicyclic) bond motifs is 2. The van der Waals surface area contributed by atoms with Crippen molar-refractivity contribution in [1.29, 1.82) is 0 Å². The Balaban J connectivity index is 1.72. The average molecular weight is 376 g/mol. The second kappa shape index (κ2) is 5.78. The second-order valence-corrected chi connectivity index (χ2v) is 6.43. The van der Waals surface area contributed by atoms with E-state index in [2.05, 4.69) is 19.9 Å². The van der Waals surface area contributed by atoms with E-state index in [1.807, 2.05) is 24.3 Å². The maximum Gasteiger partial charge on any atom is 0.148 e. The zero-order valence-corrected chi connectivity index (χ0v) is 14.4. The minimum atomic E-state index is -0.520. The molecule has 0 unspecified atom stereocenters. The number of hydrogen-bond donors (Lipinski definition) is 4. The molecule has 0 saturated carbocycles. The lowest BCUT2D eigenvalue weighted by Crippen LogP contribution is -1.91. The van der Waals surface area contributed by atoms with Crippen molar-refractivity contribution >= 4 is 33.4 Å². The Morgan fingerprint density at radius 1 is 0.714 bits per heavy atom. The Morgan fingerprint density at radius 2 is 1.36 bits per heavy atom. The van der Waals surface area contributed by atoms with E-state index in [0.29, 0.717) is 33.7 Å². The van der Waals surface area contributed by atoms with E-state index >= 15 is 0 Å². The number of nitrogen functional groups attached to an aromatic ring is 2. The number of halogens is 2. The highest BCUT2D eigenvalue weighted by molar-refractivity contribution is 5.93. The molecule has 0 aliphatic heterocycles. The topological polar surface area (TPSA) is 109 Å². The second-order valence-electron chi connectivity index (χ2n) is 6.43. The molecule has 2 aromatic heterocycles. The van der Waals surface area contributed by atoms with Crippen molar-refractivity contribution in [2.75, 3.05) is 11.5 Å². The molecule has 0 atom stereocenters. The van der Waals surface area contributed by atoms with E-state index in [1.165, 1.54) is 12.1 Å². The molecule has 0 radical (unpaired) electrons. The zero-order chi connectivity index (χ0) is 19.4. The minimum Gasteiger partial charge on any atom is -0.395 e. The molecule has 0 fully saturated rings. The molecule has 0 amide bonds. The van der Waals surface area contributed by atoms with Crippen LogP contribution in [0.1, 0.15) is 0 Å². The summed E-state index contributed by atoms with van der Waals surface area (Å²) in [7, 11) is 0. The third-order valence-corrected chi connectivity index (χ3v) is 4.72. The van der Waals surface area contributed by atoms with E-state index in [-0.39, 0.29) is 11.4 Å². The molecule has 0 saturated heterocycles. The summed E-state index contributed by atoms with van der Waals surface area (Å²) in [5.74, 6) is 0.00408. The van der Waals surface area contributed by atoms with E-state index in [0.717, 1.165) is 11.1 Å². The van der Waals surface area contributed by atoms with Crippen LogP contribution in [-0.2, 0) is 0 Å². The number of nitrogens with zero attached hydrogens (tertiary/aromatic N) is 2. The fourth-order valence-corrected chi connectivity index (χ4v) is 3.30. The van der Waals surface area contributed by atoms with Crippen molar-refractivity contribution in [2.45, 2.75) is 0 Å². The maximum atomic E-state index is 13.8. The first-order valence-electron chi connectivity index (χ1n) is 8.50. The molecule has 6 nitrogen and oxygen atoms in total. The van der Waals surface area contributed by atoms with Crippen LogP contribution >= 0.6 is 0 Å². The van der Waals surface area contributed by atoms with Crippen LogP contribution in [0.5, 0.6) is 0 Å². The van der Waals surface area contributed by atoms with Gasteiger partial charge in [-0.3, -0.25) is 0 Å². The molecular weight excluding hydrogens is 362 g/mol. The number of anilines is 2. The Bertz CT molecular complexity index is 1260. The van der Waals surface area contributed by atoms with Crippen LogP contribution in [-0.4, -0.2) is 19.9 Å². The van der Waals surface area contributed by atoms with Gasteiger partial charge in [-0.15, -0.1) is 0 Å². The number of H-pyrrole nitrogens is 2. The number of benzene rings is 3. The summed E-state index contributed by atoms with van der Waals surface area (Å²) in [4.78, 5) is 15.2. The quantitative estimate of drug-likeness (QED) is 0.346. The Morgan fingerprint density at radius 3 is 2.11 bits per heavy atom. The van der Waals surface area contributed by atoms with E-state index in [9.17, 15) is 8.78 Å². The molecule has 0 spiro atoms. The fraction of sp³-hybridized carbons (Fsp3) is 0. The molecule has 0 aliphatic rings. The van der Waals surface area contributed by atoms with Gasteiger partial charge in [-0.1, -0.05) is 24.3 Å². The first-order valence-corrected chi connectivity index (χ1v) is 8.50. The number of aromatic nitrogens is 4. The van der Waals surface area contributed by atoms with Crippen molar-refractivity contribution in [3.05, 3.63) is 60.2 Å². The normalized spacial score (nSPS) is 11.5. The predicted molar refractivity (Wildman–Crippen MR) is 105 cm³/mol. The minimum absolute atomic E-state index is 0.00975. The van der Waals surface area contributed by atoms with Gasteiger partial charge in [0, 0.05) is 11.1 Å². The van der Waals surface area contributed by atoms with Gasteiger partial charge in [0.15, 0.2) is 0 Å². The lowest BCUT2D eigenvalue weighted by Gasteiger charge is -2.04. The van der Waals surface area contributed by atoms with Crippen LogP contribution < -0.4 is 11.5 Å². The first kappa shape index (κ1) is 16.2. The maximum absolute atomic E-state index is 13.8. The number of nitrogens with one attached hydrogen (secondary N) is 2. The van der Waals surface area contributed by atoms with Gasteiger partial charge in [0.1, 0.15) is 28.8 Å². The van der Waals surface area contributed by atoms with Gasteiger partial charge in [0.25, 0.3) is 0 Å². The van der Waals surface area contributed by atoms with Crippen LogP contribution in [0.25, 0.3) is 44.8 Å². The van der Waals surface area contributed by atoms with Gasteiger partial charge >= 0.3 is 0 Å². The third-order valence-electron chi connectivity index (χ3n) is 4.72. The van der Waals surface area contributed by atoms with E-state index in [1.54, 1.807) is 12.1 Å². The van der Waals surface area contributed by atoms with Gasteiger partial charge in [-0.2, -0.15) is 0 Å². The molecule has 5 aromatic rings. The molecule has 3 aromatic carbocycles. The van der Waals surface area contributed by atoms with Crippen molar-refractivity contribution in [2.24, 2.45) is 0 Å². The van der Waals surface area contributed by atoms with Crippen LogP contribution in [0, 0.1) is 11.6 Å². The molecule has 28 heavy (non-hydrogen) atoms. The van der Waals surface area contributed by atoms with Gasteiger partial charge in [0.05, 0.1) is 27.9 Å². The highest BCUT2D eigenvalue weighted by Gasteiger charge is 2.17. The van der Waals surface area contributed by atoms with Crippen LogP contribution in [0.2, 0.25) is 0 Å². The summed E-state index contributed by atoms with van der Waals surface area (Å²) < 4.78 is 27.5. The smallest absolute Gasteiger partial charge is 0.148 e. The molecule has 138 valence electrons. The van der Waals surface area contributed by atoms with Gasteiger partial charge in [0.2, 0.25) is 0 Å². The summed E-state index contributed by atoms with van der Waals surface area (Å²) in [5.41, 5.74) is 15.1. The van der Waals surface area contributed by atoms with E-state index < -0.39 is 11.6 Å². The summed E-state index contributed by atoms with van der Waals surface area (Å²) >= 11 is 0. The Labute approximate surface area is 157 Å². The SMILES string of the molecule is Nc1c(F)ccc2[nH]c(-c3ccccc3-c3nc4ccc(F)c(N)c4[nH]3)nc12. The lowest BCUT2D eigenvalue weighted by atomic mass is 10.1. The largest absolute Gasteiger partial charge is 0.395 e. The molecule has 6 N–H and O–H groups in total. The Hall–Kier alpha value is -3.94. The summed E-state index contributed by atoms with van der Waals surface area (Å²) in [6.07, 6.45) is 0. The van der Waals surface area contributed by atoms with Gasteiger partial charge < -0.3 is 21.4 Å². The molecule has 0 aliphatic carbocycles. The summed E-state index contributed by atoms with van der Waals surface area (Å²) in [6, 6.07) is 13.2. The van der Waals surface area contributed by atoms with Crippen molar-refractivity contribution < 1.29 is 8.78 Å². The van der Waals surface area contributed by atoms with Gasteiger partial charge in [-0.25, -0.2) is 18.7 Å². The number of nitrogens with two attached hydrogens (primary N) is 2. The molecule has 8 heteroatoms. The summed E-state index contributed by atoms with van der Waals surface area (Å²) in [6.45, 7) is 0. The highest BCUT2D eigenvalue weighted by atomic mass is 19.1. The van der Waals surface area contributed by atoms with Crippen molar-refractivity contribution in [1.82, 2.24) is 19.9 Å².